The van der Waals surface area contributed by atoms with Crippen LogP contribution in [0.2, 0.25) is 0 Å². The Bertz CT molecular complexity index is 1260. The van der Waals surface area contributed by atoms with Crippen LogP contribution >= 0.6 is 0 Å². The van der Waals surface area contributed by atoms with Crippen molar-refractivity contribution in [3.8, 4) is 11.6 Å². The number of rotatable bonds is 7. The minimum atomic E-state index is -0.589. The summed E-state index contributed by atoms with van der Waals surface area (Å²) in [5, 5.41) is 7.96. The highest BCUT2D eigenvalue weighted by molar-refractivity contribution is 6.01. The van der Waals surface area contributed by atoms with Gasteiger partial charge >= 0.3 is 5.97 Å². The van der Waals surface area contributed by atoms with Gasteiger partial charge in [-0.2, -0.15) is 9.78 Å². The molecule has 4 aromatic rings. The van der Waals surface area contributed by atoms with Crippen LogP contribution in [-0.2, 0) is 9.53 Å². The van der Waals surface area contributed by atoms with Gasteiger partial charge in [-0.3, -0.25) is 4.79 Å². The zero-order chi connectivity index (χ0) is 22.5. The average Bonchev–Trinajstić information content (AvgIpc) is 3.22. The second kappa shape index (κ2) is 9.30. The molecule has 162 valence electrons. The highest BCUT2D eigenvalue weighted by atomic mass is 16.5. The number of aryl methyl sites for hydroxylation is 1. The van der Waals surface area contributed by atoms with Gasteiger partial charge in [0.1, 0.15) is 11.3 Å². The van der Waals surface area contributed by atoms with Crippen LogP contribution in [0, 0.1) is 6.92 Å². The largest absolute Gasteiger partial charge is 0.484 e. The molecule has 2 heterocycles. The van der Waals surface area contributed by atoms with Gasteiger partial charge in [-0.1, -0.05) is 35.9 Å². The number of para-hydroxylation sites is 1. The molecule has 4 rings (SSSR count). The number of hydrogen-bond donors (Lipinski definition) is 1. The molecular formula is C24H22N4O4. The molecule has 0 fully saturated rings. The number of anilines is 1. The van der Waals surface area contributed by atoms with Crippen LogP contribution < -0.4 is 10.1 Å². The van der Waals surface area contributed by atoms with Gasteiger partial charge in [0.2, 0.25) is 0 Å². The van der Waals surface area contributed by atoms with Gasteiger partial charge in [0, 0.05) is 5.39 Å². The number of fused-ring (bicyclic) bond motifs is 1. The van der Waals surface area contributed by atoms with Gasteiger partial charge < -0.3 is 14.8 Å². The first-order chi connectivity index (χ1) is 15.5. The van der Waals surface area contributed by atoms with Crippen LogP contribution in [0.4, 0.5) is 5.82 Å². The third-order valence-corrected chi connectivity index (χ3v) is 4.71. The second-order valence-electron chi connectivity index (χ2n) is 7.05. The van der Waals surface area contributed by atoms with Gasteiger partial charge in [0.05, 0.1) is 18.3 Å². The fraction of sp³-hybridized carbons (Fsp3) is 0.167. The molecule has 0 aliphatic carbocycles. The molecule has 2 aromatic heterocycles. The number of aromatic nitrogens is 3. The van der Waals surface area contributed by atoms with Gasteiger partial charge in [-0.15, -0.1) is 0 Å². The summed E-state index contributed by atoms with van der Waals surface area (Å²) in [5.41, 5.74) is 1.98. The van der Waals surface area contributed by atoms with E-state index in [1.54, 1.807) is 25.1 Å². The molecule has 8 heteroatoms. The molecule has 32 heavy (non-hydrogen) atoms. The maximum atomic E-state index is 12.6. The summed E-state index contributed by atoms with van der Waals surface area (Å²) in [6.07, 6.45) is 1.35. The zero-order valence-electron chi connectivity index (χ0n) is 17.7. The molecule has 0 aliphatic heterocycles. The summed E-state index contributed by atoms with van der Waals surface area (Å²) in [4.78, 5) is 29.7. The maximum Gasteiger partial charge on any atom is 0.343 e. The Morgan fingerprint density at radius 1 is 1.03 bits per heavy atom. The van der Waals surface area contributed by atoms with Gasteiger partial charge in [-0.05, 0) is 44.2 Å². The Morgan fingerprint density at radius 2 is 1.81 bits per heavy atom. The molecule has 0 saturated carbocycles. The first-order valence-corrected chi connectivity index (χ1v) is 10.2. The lowest BCUT2D eigenvalue weighted by molar-refractivity contribution is -0.118. The van der Waals surface area contributed by atoms with Crippen LogP contribution in [0.5, 0.6) is 5.75 Å². The lowest BCUT2D eigenvalue weighted by Crippen LogP contribution is -2.23. The number of nitrogens with zero attached hydrogens (tertiary/aromatic N) is 3. The van der Waals surface area contributed by atoms with Crippen molar-refractivity contribution in [1.82, 2.24) is 14.8 Å². The van der Waals surface area contributed by atoms with E-state index in [-0.39, 0.29) is 24.6 Å². The Hall–Kier alpha value is -4.20. The summed E-state index contributed by atoms with van der Waals surface area (Å²) >= 11 is 0. The van der Waals surface area contributed by atoms with Gasteiger partial charge in [-0.25, -0.2) is 9.78 Å². The minimum Gasteiger partial charge on any atom is -0.484 e. The number of hydrogen-bond acceptors (Lipinski definition) is 6. The number of pyridine rings is 1. The molecule has 1 N–H and O–H groups in total. The average molecular weight is 430 g/mol. The SMILES string of the molecule is CCOC(=O)c1cnn(-c2ccc3ccccc3n2)c1NC(=O)COc1ccc(C)cc1. The number of nitrogens with one attached hydrogen (secondary N) is 1. The fourth-order valence-corrected chi connectivity index (χ4v) is 3.13. The number of ether oxygens (including phenoxy) is 2. The van der Waals surface area contributed by atoms with Crippen molar-refractivity contribution in [1.29, 1.82) is 0 Å². The summed E-state index contributed by atoms with van der Waals surface area (Å²) in [7, 11) is 0. The highest BCUT2D eigenvalue weighted by Crippen LogP contribution is 2.22. The molecular weight excluding hydrogens is 408 g/mol. The van der Waals surface area contributed by atoms with Crippen LogP contribution in [0.15, 0.2) is 66.9 Å². The Morgan fingerprint density at radius 3 is 2.59 bits per heavy atom. The topological polar surface area (TPSA) is 95.3 Å². The molecule has 0 aliphatic rings. The Kier molecular flexibility index (Phi) is 6.12. The van der Waals surface area contributed by atoms with Crippen LogP contribution in [-0.4, -0.2) is 39.9 Å². The quantitative estimate of drug-likeness (QED) is 0.447. The molecule has 0 unspecified atom stereocenters. The number of carbonyl (C=O) groups is 2. The van der Waals surface area contributed by atoms with Crippen molar-refractivity contribution in [2.45, 2.75) is 13.8 Å². The monoisotopic (exact) mass is 430 g/mol. The Labute approximate surface area is 184 Å². The summed E-state index contributed by atoms with van der Waals surface area (Å²) < 4.78 is 12.1. The number of benzene rings is 2. The van der Waals surface area contributed by atoms with Crippen molar-refractivity contribution in [2.75, 3.05) is 18.5 Å². The Balaban J connectivity index is 1.62. The van der Waals surface area contributed by atoms with E-state index < -0.39 is 11.9 Å². The third kappa shape index (κ3) is 4.59. The van der Waals surface area contributed by atoms with E-state index in [0.717, 1.165) is 16.5 Å². The fourth-order valence-electron chi connectivity index (χ4n) is 3.13. The van der Waals surface area contributed by atoms with E-state index in [4.69, 9.17) is 9.47 Å². The second-order valence-corrected chi connectivity index (χ2v) is 7.05. The summed E-state index contributed by atoms with van der Waals surface area (Å²) in [6, 6.07) is 18.7. The molecule has 0 spiro atoms. The van der Waals surface area contributed by atoms with Gasteiger partial charge in [0.15, 0.2) is 18.2 Å². The summed E-state index contributed by atoms with van der Waals surface area (Å²) in [6.45, 7) is 3.64. The van der Waals surface area contributed by atoms with E-state index in [0.29, 0.717) is 11.6 Å². The van der Waals surface area contributed by atoms with Crippen molar-refractivity contribution in [3.05, 3.63) is 78.0 Å². The van der Waals surface area contributed by atoms with Crippen LogP contribution in [0.3, 0.4) is 0 Å². The number of carbonyl (C=O) groups excluding carboxylic acids is 2. The lowest BCUT2D eigenvalue weighted by Gasteiger charge is -2.12. The summed E-state index contributed by atoms with van der Waals surface area (Å²) in [5.74, 6) is 0.159. The third-order valence-electron chi connectivity index (χ3n) is 4.71. The predicted octanol–water partition coefficient (Wildman–Crippen LogP) is 3.92. The van der Waals surface area contributed by atoms with E-state index in [1.165, 1.54) is 10.9 Å². The molecule has 8 nitrogen and oxygen atoms in total. The van der Waals surface area contributed by atoms with E-state index in [9.17, 15) is 9.59 Å². The first kappa shape index (κ1) is 21.0. The molecule has 0 bridgehead atoms. The number of esters is 1. The van der Waals surface area contributed by atoms with Gasteiger partial charge in [0.25, 0.3) is 5.91 Å². The van der Waals surface area contributed by atoms with E-state index >= 15 is 0 Å². The molecule has 1 amide bonds. The zero-order valence-corrected chi connectivity index (χ0v) is 17.7. The molecule has 2 aromatic carbocycles. The lowest BCUT2D eigenvalue weighted by atomic mass is 10.2. The van der Waals surface area contributed by atoms with Crippen LogP contribution in [0.25, 0.3) is 16.7 Å². The highest BCUT2D eigenvalue weighted by Gasteiger charge is 2.22. The number of amides is 1. The first-order valence-electron chi connectivity index (χ1n) is 10.2. The smallest absolute Gasteiger partial charge is 0.343 e. The predicted molar refractivity (Wildman–Crippen MR) is 120 cm³/mol. The van der Waals surface area contributed by atoms with E-state index in [2.05, 4.69) is 15.4 Å². The normalized spacial score (nSPS) is 10.7. The van der Waals surface area contributed by atoms with Crippen LogP contribution in [0.1, 0.15) is 22.8 Å². The van der Waals surface area contributed by atoms with Crippen molar-refractivity contribution >= 4 is 28.6 Å². The molecule has 0 saturated heterocycles. The van der Waals surface area contributed by atoms with Crippen molar-refractivity contribution < 1.29 is 19.1 Å². The minimum absolute atomic E-state index is 0.130. The van der Waals surface area contributed by atoms with Crippen molar-refractivity contribution in [2.24, 2.45) is 0 Å². The van der Waals surface area contributed by atoms with E-state index in [1.807, 2.05) is 49.4 Å². The molecule has 0 atom stereocenters. The maximum absolute atomic E-state index is 12.6. The molecule has 0 radical (unpaired) electrons. The standard InChI is InChI=1S/C24H22N4O4/c1-3-31-24(30)19-14-25-28(21-13-10-17-6-4-5-7-20(17)26-21)23(19)27-22(29)15-32-18-11-8-16(2)9-12-18/h4-14H,3,15H2,1-2H3,(H,27,29). The van der Waals surface area contributed by atoms with Crippen molar-refractivity contribution in [3.63, 3.8) is 0 Å².